The molecule has 0 saturated heterocycles. The minimum Gasteiger partial charge on any atom is -0.493 e. The summed E-state index contributed by atoms with van der Waals surface area (Å²) in [5.74, 6) is 1.68. The van der Waals surface area contributed by atoms with Gasteiger partial charge in [0.15, 0.2) is 17.5 Å². The fourth-order valence-electron chi connectivity index (χ4n) is 2.60. The van der Waals surface area contributed by atoms with Crippen LogP contribution in [0.1, 0.15) is 5.56 Å². The van der Waals surface area contributed by atoms with E-state index < -0.39 is 0 Å². The highest BCUT2D eigenvalue weighted by molar-refractivity contribution is 5.92. The van der Waals surface area contributed by atoms with Gasteiger partial charge < -0.3 is 25.4 Å². The first-order valence-electron chi connectivity index (χ1n) is 8.52. The highest BCUT2D eigenvalue weighted by Crippen LogP contribution is 2.29. The molecule has 140 valence electrons. The van der Waals surface area contributed by atoms with Crippen molar-refractivity contribution < 1.29 is 9.47 Å². The number of hydrogen-bond acceptors (Lipinski definition) is 4. The molecule has 0 saturated carbocycles. The number of aliphatic imine (C=N–C) groups is 1. The third kappa shape index (κ3) is 5.67. The van der Waals surface area contributed by atoms with Gasteiger partial charge in [0.05, 0.1) is 20.8 Å². The summed E-state index contributed by atoms with van der Waals surface area (Å²) in [5, 5.41) is 3.10. The number of anilines is 1. The Balaban J connectivity index is 2.01. The van der Waals surface area contributed by atoms with Crippen molar-refractivity contribution in [3.05, 3.63) is 54.1 Å². The van der Waals surface area contributed by atoms with Crippen molar-refractivity contribution in [3.63, 3.8) is 0 Å². The lowest BCUT2D eigenvalue weighted by Gasteiger charge is -2.23. The molecular weight excluding hydrogens is 328 g/mol. The molecule has 2 aromatic carbocycles. The van der Waals surface area contributed by atoms with Crippen molar-refractivity contribution in [3.8, 4) is 11.5 Å². The van der Waals surface area contributed by atoms with Crippen molar-refractivity contribution in [1.82, 2.24) is 4.90 Å². The molecule has 6 heteroatoms. The van der Waals surface area contributed by atoms with E-state index in [1.165, 1.54) is 5.56 Å². The van der Waals surface area contributed by atoms with E-state index >= 15 is 0 Å². The van der Waals surface area contributed by atoms with Crippen LogP contribution in [0.15, 0.2) is 53.5 Å². The second kappa shape index (κ2) is 9.68. The minimum atomic E-state index is 0.267. The van der Waals surface area contributed by atoms with Gasteiger partial charge in [0.25, 0.3) is 0 Å². The van der Waals surface area contributed by atoms with Crippen LogP contribution in [0.25, 0.3) is 0 Å². The summed E-state index contributed by atoms with van der Waals surface area (Å²) in [6.07, 6.45) is 0.918. The molecule has 6 nitrogen and oxygen atoms in total. The van der Waals surface area contributed by atoms with Gasteiger partial charge in [0.2, 0.25) is 0 Å². The molecule has 0 aliphatic carbocycles. The molecule has 0 radical (unpaired) electrons. The molecule has 0 bridgehead atoms. The van der Waals surface area contributed by atoms with E-state index in [-0.39, 0.29) is 6.04 Å². The Morgan fingerprint density at radius 1 is 1.08 bits per heavy atom. The summed E-state index contributed by atoms with van der Waals surface area (Å²) in [7, 11) is 7.32. The molecule has 0 spiro atoms. The molecule has 26 heavy (non-hydrogen) atoms. The second-order valence-corrected chi connectivity index (χ2v) is 6.23. The molecule has 0 heterocycles. The van der Waals surface area contributed by atoms with Crippen LogP contribution < -0.4 is 20.5 Å². The summed E-state index contributed by atoms with van der Waals surface area (Å²) >= 11 is 0. The van der Waals surface area contributed by atoms with Gasteiger partial charge in [-0.1, -0.05) is 30.3 Å². The first-order chi connectivity index (χ1) is 12.5. The van der Waals surface area contributed by atoms with E-state index in [2.05, 4.69) is 53.6 Å². The largest absolute Gasteiger partial charge is 0.493 e. The van der Waals surface area contributed by atoms with Crippen LogP contribution in [0.3, 0.4) is 0 Å². The standard InChI is InChI=1S/C20H28N4O2/c1-24(2)17(12-15-8-6-5-7-9-15)14-22-20(21)23-16-10-11-18(25-3)19(13-16)26-4/h5-11,13,17H,12,14H2,1-4H3,(H3,21,22,23). The Bertz CT molecular complexity index is 717. The summed E-state index contributed by atoms with van der Waals surface area (Å²) in [6, 6.07) is 16.2. The number of nitrogens with one attached hydrogen (secondary N) is 1. The molecule has 2 aromatic rings. The maximum absolute atomic E-state index is 6.06. The van der Waals surface area contributed by atoms with Gasteiger partial charge in [-0.3, -0.25) is 4.99 Å². The topological polar surface area (TPSA) is 72.1 Å². The van der Waals surface area contributed by atoms with Crippen LogP contribution in [0.4, 0.5) is 5.69 Å². The zero-order chi connectivity index (χ0) is 18.9. The van der Waals surface area contributed by atoms with Crippen LogP contribution in [0.5, 0.6) is 11.5 Å². The fourth-order valence-corrected chi connectivity index (χ4v) is 2.60. The SMILES string of the molecule is COc1ccc(NC(N)=NCC(Cc2ccccc2)N(C)C)cc1OC. The zero-order valence-electron chi connectivity index (χ0n) is 15.9. The Morgan fingerprint density at radius 2 is 1.77 bits per heavy atom. The van der Waals surface area contributed by atoms with Gasteiger partial charge in [0, 0.05) is 17.8 Å². The highest BCUT2D eigenvalue weighted by Gasteiger charge is 2.12. The van der Waals surface area contributed by atoms with Crippen LogP contribution in [-0.2, 0) is 6.42 Å². The smallest absolute Gasteiger partial charge is 0.193 e. The van der Waals surface area contributed by atoms with Crippen LogP contribution >= 0.6 is 0 Å². The third-order valence-electron chi connectivity index (χ3n) is 4.17. The number of benzene rings is 2. The number of methoxy groups -OCH3 is 2. The lowest BCUT2D eigenvalue weighted by Crippen LogP contribution is -2.34. The number of likely N-dealkylation sites (N-methyl/N-ethyl adjacent to an activating group) is 1. The average Bonchev–Trinajstić information content (AvgIpc) is 2.65. The molecule has 0 aliphatic rings. The molecule has 3 N–H and O–H groups in total. The van der Waals surface area contributed by atoms with Gasteiger partial charge in [-0.25, -0.2) is 0 Å². The zero-order valence-corrected chi connectivity index (χ0v) is 15.9. The molecule has 2 rings (SSSR count). The normalized spacial score (nSPS) is 12.7. The van der Waals surface area contributed by atoms with Crippen molar-refractivity contribution in [2.45, 2.75) is 12.5 Å². The summed E-state index contributed by atoms with van der Waals surface area (Å²) in [6.45, 7) is 0.605. The predicted octanol–water partition coefficient (Wildman–Crippen LogP) is 2.60. The van der Waals surface area contributed by atoms with Crippen molar-refractivity contribution >= 4 is 11.6 Å². The monoisotopic (exact) mass is 356 g/mol. The van der Waals surface area contributed by atoms with Crippen LogP contribution in [0.2, 0.25) is 0 Å². The molecule has 1 atom stereocenters. The lowest BCUT2D eigenvalue weighted by atomic mass is 10.1. The van der Waals surface area contributed by atoms with E-state index in [0.29, 0.717) is 24.0 Å². The number of hydrogen-bond donors (Lipinski definition) is 2. The van der Waals surface area contributed by atoms with E-state index in [0.717, 1.165) is 12.1 Å². The molecule has 0 fully saturated rings. The number of nitrogens with two attached hydrogens (primary N) is 1. The molecule has 0 amide bonds. The van der Waals surface area contributed by atoms with Crippen molar-refractivity contribution in [1.29, 1.82) is 0 Å². The van der Waals surface area contributed by atoms with Gasteiger partial charge in [-0.05, 0) is 38.2 Å². The second-order valence-electron chi connectivity index (χ2n) is 6.23. The van der Waals surface area contributed by atoms with E-state index in [1.807, 2.05) is 24.3 Å². The minimum absolute atomic E-state index is 0.267. The summed E-state index contributed by atoms with van der Waals surface area (Å²) in [4.78, 5) is 6.67. The highest BCUT2D eigenvalue weighted by atomic mass is 16.5. The predicted molar refractivity (Wildman–Crippen MR) is 107 cm³/mol. The van der Waals surface area contributed by atoms with Gasteiger partial charge in [0.1, 0.15) is 0 Å². The Labute approximate surface area is 155 Å². The Hall–Kier alpha value is -2.73. The molecule has 0 aliphatic heterocycles. The number of rotatable bonds is 8. The van der Waals surface area contributed by atoms with Gasteiger partial charge in [-0.2, -0.15) is 0 Å². The third-order valence-corrected chi connectivity index (χ3v) is 4.17. The Morgan fingerprint density at radius 3 is 2.38 bits per heavy atom. The Kier molecular flexibility index (Phi) is 7.29. The van der Waals surface area contributed by atoms with Gasteiger partial charge >= 0.3 is 0 Å². The molecular formula is C20H28N4O2. The quantitative estimate of drug-likeness (QED) is 0.562. The molecule has 1 unspecified atom stereocenters. The first-order valence-corrected chi connectivity index (χ1v) is 8.52. The van der Waals surface area contributed by atoms with E-state index in [9.17, 15) is 0 Å². The fraction of sp³-hybridized carbons (Fsp3) is 0.350. The maximum Gasteiger partial charge on any atom is 0.193 e. The summed E-state index contributed by atoms with van der Waals surface area (Å²) in [5.41, 5.74) is 8.14. The number of ether oxygens (including phenoxy) is 2. The first kappa shape index (κ1) is 19.6. The van der Waals surface area contributed by atoms with Crippen molar-refractivity contribution in [2.24, 2.45) is 10.7 Å². The lowest BCUT2D eigenvalue weighted by molar-refractivity contribution is 0.298. The summed E-state index contributed by atoms with van der Waals surface area (Å²) < 4.78 is 10.5. The van der Waals surface area contributed by atoms with Crippen molar-refractivity contribution in [2.75, 3.05) is 40.2 Å². The number of guanidine groups is 1. The average molecular weight is 356 g/mol. The van der Waals surface area contributed by atoms with E-state index in [4.69, 9.17) is 15.2 Å². The van der Waals surface area contributed by atoms with Gasteiger partial charge in [-0.15, -0.1) is 0 Å². The van der Waals surface area contributed by atoms with Crippen LogP contribution in [0, 0.1) is 0 Å². The maximum atomic E-state index is 6.06. The molecule has 0 aromatic heterocycles. The van der Waals surface area contributed by atoms with E-state index in [1.54, 1.807) is 14.2 Å². The van der Waals surface area contributed by atoms with Crippen LogP contribution in [-0.4, -0.2) is 51.8 Å². The number of nitrogens with zero attached hydrogens (tertiary/aromatic N) is 2.